The number of aliphatic hydroxyl groups excluding tert-OH is 3. The molecule has 0 aromatic rings. The maximum absolute atomic E-state index is 13.5. The molecule has 8 nitrogen and oxygen atoms in total. The van der Waals surface area contributed by atoms with Crippen LogP contribution in [0.3, 0.4) is 0 Å². The largest absolute Gasteiger partial charge is 0.490 e. The summed E-state index contributed by atoms with van der Waals surface area (Å²) in [5.74, 6) is -2.60. The zero-order chi connectivity index (χ0) is 35.8. The highest BCUT2D eigenvalue weighted by molar-refractivity contribution is 5.92. The van der Waals surface area contributed by atoms with Gasteiger partial charge in [-0.2, -0.15) is 0 Å². The Morgan fingerprint density at radius 1 is 1.13 bits per heavy atom. The number of carbonyl (C=O) groups excluding carboxylic acids is 2. The Kier molecular flexibility index (Phi) is 19.1. The third kappa shape index (κ3) is 13.7. The Labute approximate surface area is 284 Å². The molecular formula is C39H62O8. The van der Waals surface area contributed by atoms with E-state index in [1.807, 2.05) is 39.0 Å². The zero-order valence-electron chi connectivity index (χ0n) is 30.6. The van der Waals surface area contributed by atoms with E-state index in [-0.39, 0.29) is 29.3 Å². The Bertz CT molecular complexity index is 1160. The van der Waals surface area contributed by atoms with E-state index >= 15 is 0 Å². The number of ketones is 1. The van der Waals surface area contributed by atoms with E-state index in [1.54, 1.807) is 51.2 Å². The second kappa shape index (κ2) is 21.2. The molecule has 1 aliphatic heterocycles. The molecule has 1 heterocycles. The standard InChI is InChI=1S/C39H62O8/c1-12-15-32(40)27(6)18-19-33(41)29(8)37(43)30(9)38-34(45-10)17-14-16-24(3)20-25(4)22-31(13-2)36(42)28(7)21-26(5)23-35(46-11)39(44)47-38/h12,14-19,21,23,25,27-32,34,36-38,40,42-43H,13,20,22H2,1-11H3/b15-12+,17-14+,19-18+,24-16+,26-21+,35-23-. The van der Waals surface area contributed by atoms with Gasteiger partial charge >= 0.3 is 5.97 Å². The van der Waals surface area contributed by atoms with Crippen molar-refractivity contribution in [1.29, 1.82) is 0 Å². The minimum absolute atomic E-state index is 0.0378. The Balaban J connectivity index is 3.54. The number of rotatable bonds is 11. The molecule has 0 spiro atoms. The molecule has 0 aliphatic carbocycles. The van der Waals surface area contributed by atoms with E-state index in [9.17, 15) is 24.9 Å². The fourth-order valence-corrected chi connectivity index (χ4v) is 6.17. The molecule has 0 aromatic carbocycles. The average Bonchev–Trinajstić information content (AvgIpc) is 3.03. The van der Waals surface area contributed by atoms with Gasteiger partial charge < -0.3 is 29.5 Å². The fourth-order valence-electron chi connectivity index (χ4n) is 6.17. The normalized spacial score (nSPS) is 33.1. The third-order valence-corrected chi connectivity index (χ3v) is 9.26. The van der Waals surface area contributed by atoms with Crippen molar-refractivity contribution < 1.29 is 39.1 Å². The van der Waals surface area contributed by atoms with Crippen molar-refractivity contribution in [2.24, 2.45) is 35.5 Å². The number of hydrogen-bond donors (Lipinski definition) is 3. The third-order valence-electron chi connectivity index (χ3n) is 9.26. The first-order valence-electron chi connectivity index (χ1n) is 17.0. The smallest absolute Gasteiger partial charge is 0.373 e. The maximum atomic E-state index is 13.5. The number of allylic oxidation sites excluding steroid dienone is 7. The van der Waals surface area contributed by atoms with Crippen LogP contribution in [0, 0.1) is 35.5 Å². The molecule has 0 aromatic heterocycles. The molecule has 1 aliphatic rings. The summed E-state index contributed by atoms with van der Waals surface area (Å²) in [5.41, 5.74) is 1.89. The highest BCUT2D eigenvalue weighted by Crippen LogP contribution is 2.29. The highest BCUT2D eigenvalue weighted by atomic mass is 16.6. The SMILES string of the molecule is C/C=C/C(O)C(C)/C=C/C(=O)C(C)C(O)C(C)C1OC(=O)/C(OC)=C/C(C)=C/C(C)C(O)C(CC)CC(C)C/C(C)=C/C=C/C1OC. The van der Waals surface area contributed by atoms with E-state index in [0.29, 0.717) is 5.92 Å². The van der Waals surface area contributed by atoms with Gasteiger partial charge in [0.15, 0.2) is 5.78 Å². The lowest BCUT2D eigenvalue weighted by Crippen LogP contribution is -2.45. The van der Waals surface area contributed by atoms with Gasteiger partial charge in [-0.25, -0.2) is 4.79 Å². The van der Waals surface area contributed by atoms with E-state index in [4.69, 9.17) is 14.2 Å². The van der Waals surface area contributed by atoms with Gasteiger partial charge in [-0.15, -0.1) is 0 Å². The van der Waals surface area contributed by atoms with E-state index in [2.05, 4.69) is 20.8 Å². The molecule has 0 bridgehead atoms. The molecule has 11 atom stereocenters. The summed E-state index contributed by atoms with van der Waals surface area (Å²) in [5, 5.41) is 32.8. The zero-order valence-corrected chi connectivity index (χ0v) is 30.6. The summed E-state index contributed by atoms with van der Waals surface area (Å²) < 4.78 is 17.3. The quantitative estimate of drug-likeness (QED) is 0.128. The van der Waals surface area contributed by atoms with Gasteiger partial charge in [-0.05, 0) is 57.6 Å². The van der Waals surface area contributed by atoms with Gasteiger partial charge in [-0.1, -0.05) is 102 Å². The second-order valence-electron chi connectivity index (χ2n) is 13.4. The molecular weight excluding hydrogens is 596 g/mol. The summed E-state index contributed by atoms with van der Waals surface area (Å²) in [6, 6.07) is 0. The van der Waals surface area contributed by atoms with Gasteiger partial charge in [0.2, 0.25) is 5.76 Å². The van der Waals surface area contributed by atoms with Crippen molar-refractivity contribution in [1.82, 2.24) is 0 Å². The van der Waals surface area contributed by atoms with Crippen LogP contribution in [0.4, 0.5) is 0 Å². The summed E-state index contributed by atoms with van der Waals surface area (Å²) in [6.45, 7) is 17.1. The van der Waals surface area contributed by atoms with Crippen LogP contribution in [0.5, 0.6) is 0 Å². The monoisotopic (exact) mass is 658 g/mol. The van der Waals surface area contributed by atoms with E-state index < -0.39 is 48.3 Å². The first-order chi connectivity index (χ1) is 22.1. The number of methoxy groups -OCH3 is 2. The van der Waals surface area contributed by atoms with Crippen molar-refractivity contribution in [2.75, 3.05) is 14.2 Å². The lowest BCUT2D eigenvalue weighted by Gasteiger charge is -2.33. The first-order valence-corrected chi connectivity index (χ1v) is 17.0. The van der Waals surface area contributed by atoms with Crippen molar-refractivity contribution in [2.45, 2.75) is 112 Å². The Morgan fingerprint density at radius 3 is 2.36 bits per heavy atom. The van der Waals surface area contributed by atoms with Crippen LogP contribution in [0.1, 0.15) is 81.6 Å². The molecule has 0 amide bonds. The van der Waals surface area contributed by atoms with Gasteiger partial charge in [0.1, 0.15) is 12.2 Å². The predicted octanol–water partition coefficient (Wildman–Crippen LogP) is 6.68. The number of ether oxygens (including phenoxy) is 3. The van der Waals surface area contributed by atoms with E-state index in [0.717, 1.165) is 30.4 Å². The average molecular weight is 659 g/mol. The van der Waals surface area contributed by atoms with Crippen molar-refractivity contribution in [3.8, 4) is 0 Å². The summed E-state index contributed by atoms with van der Waals surface area (Å²) >= 11 is 0. The van der Waals surface area contributed by atoms with Gasteiger partial charge in [0.05, 0.1) is 25.4 Å². The first kappa shape index (κ1) is 42.2. The maximum Gasteiger partial charge on any atom is 0.373 e. The van der Waals surface area contributed by atoms with E-state index in [1.165, 1.54) is 20.3 Å². The molecule has 11 unspecified atom stereocenters. The van der Waals surface area contributed by atoms with Crippen LogP contribution in [0.15, 0.2) is 71.6 Å². The summed E-state index contributed by atoms with van der Waals surface area (Å²) in [6.07, 6.45) is 14.0. The molecule has 1 rings (SSSR count). The molecule has 0 saturated heterocycles. The van der Waals surface area contributed by atoms with Crippen LogP contribution in [-0.4, -0.2) is 71.8 Å². The van der Waals surface area contributed by atoms with Crippen LogP contribution in [0.2, 0.25) is 0 Å². The lowest BCUT2D eigenvalue weighted by atomic mass is 9.81. The molecule has 8 heteroatoms. The highest BCUT2D eigenvalue weighted by Gasteiger charge is 2.38. The van der Waals surface area contributed by atoms with Gasteiger partial charge in [-0.3, -0.25) is 4.79 Å². The van der Waals surface area contributed by atoms with Crippen LogP contribution >= 0.6 is 0 Å². The molecule has 3 N–H and O–H groups in total. The number of cyclic esters (lactones) is 1. The number of carbonyl (C=O) groups is 2. The number of hydrogen-bond acceptors (Lipinski definition) is 8. The second-order valence-corrected chi connectivity index (χ2v) is 13.4. The lowest BCUT2D eigenvalue weighted by molar-refractivity contribution is -0.162. The topological polar surface area (TPSA) is 123 Å². The van der Waals surface area contributed by atoms with Crippen LogP contribution in [-0.2, 0) is 23.8 Å². The van der Waals surface area contributed by atoms with Crippen LogP contribution < -0.4 is 0 Å². The van der Waals surface area contributed by atoms with Gasteiger partial charge in [0.25, 0.3) is 0 Å². The van der Waals surface area contributed by atoms with Crippen molar-refractivity contribution >= 4 is 11.8 Å². The Hall–Kier alpha value is -2.78. The number of aliphatic hydroxyl groups is 3. The summed E-state index contributed by atoms with van der Waals surface area (Å²) in [7, 11) is 2.89. The van der Waals surface area contributed by atoms with Crippen molar-refractivity contribution in [3.63, 3.8) is 0 Å². The number of esters is 1. The van der Waals surface area contributed by atoms with Crippen molar-refractivity contribution in [3.05, 3.63) is 71.6 Å². The molecule has 0 radical (unpaired) electrons. The Morgan fingerprint density at radius 2 is 1.79 bits per heavy atom. The molecule has 0 saturated carbocycles. The fraction of sp³-hybridized carbons (Fsp3) is 0.641. The minimum atomic E-state index is -1.19. The molecule has 0 fully saturated rings. The predicted molar refractivity (Wildman–Crippen MR) is 188 cm³/mol. The summed E-state index contributed by atoms with van der Waals surface area (Å²) in [4.78, 5) is 26.6. The molecule has 266 valence electrons. The van der Waals surface area contributed by atoms with Gasteiger partial charge in [0, 0.05) is 30.8 Å². The molecule has 47 heavy (non-hydrogen) atoms. The van der Waals surface area contributed by atoms with Crippen LogP contribution in [0.25, 0.3) is 0 Å². The minimum Gasteiger partial charge on any atom is -0.490 e.